The summed E-state index contributed by atoms with van der Waals surface area (Å²) in [5.74, 6) is 1.46. The molecule has 142 valence electrons. The quantitative estimate of drug-likeness (QED) is 0.315. The number of aliphatic hydroxyl groups is 1. The van der Waals surface area contributed by atoms with Crippen molar-refractivity contribution in [3.63, 3.8) is 0 Å². The Morgan fingerprint density at radius 1 is 1.19 bits per heavy atom. The Labute approximate surface area is 176 Å². The lowest BCUT2D eigenvalue weighted by Gasteiger charge is -2.15. The van der Waals surface area contributed by atoms with E-state index < -0.39 is 6.10 Å². The highest BCUT2D eigenvalue weighted by molar-refractivity contribution is 14.0. The molecule has 5 nitrogen and oxygen atoms in total. The van der Waals surface area contributed by atoms with Crippen LogP contribution in [0.1, 0.15) is 24.2 Å². The maximum atomic E-state index is 10.3. The fraction of sp³-hybridized carbons (Fsp3) is 0.316. The number of benzene rings is 2. The van der Waals surface area contributed by atoms with Crippen LogP contribution in [0.2, 0.25) is 5.02 Å². The summed E-state index contributed by atoms with van der Waals surface area (Å²) in [6, 6.07) is 15.0. The van der Waals surface area contributed by atoms with Gasteiger partial charge in [0.25, 0.3) is 0 Å². The first-order valence-electron chi connectivity index (χ1n) is 8.21. The molecule has 0 radical (unpaired) electrons. The maximum Gasteiger partial charge on any atom is 0.191 e. The number of hydrogen-bond donors (Lipinski definition) is 3. The first kappa shape index (κ1) is 22.5. The number of aliphatic hydroxyl groups excluding tert-OH is 1. The van der Waals surface area contributed by atoms with Crippen LogP contribution in [-0.2, 0) is 6.54 Å². The second-order valence-corrected chi connectivity index (χ2v) is 5.93. The van der Waals surface area contributed by atoms with Crippen LogP contribution in [-0.4, -0.2) is 31.3 Å². The molecule has 7 heteroatoms. The smallest absolute Gasteiger partial charge is 0.191 e. The molecule has 2 rings (SSSR count). The molecule has 26 heavy (non-hydrogen) atoms. The van der Waals surface area contributed by atoms with Gasteiger partial charge in [-0.3, -0.25) is 0 Å². The van der Waals surface area contributed by atoms with E-state index in [1.807, 2.05) is 43.3 Å². The normalized spacial score (nSPS) is 12.1. The largest absolute Gasteiger partial charge is 0.497 e. The van der Waals surface area contributed by atoms with Gasteiger partial charge < -0.3 is 20.5 Å². The van der Waals surface area contributed by atoms with Crippen LogP contribution >= 0.6 is 35.6 Å². The monoisotopic (exact) mass is 489 g/mol. The molecule has 0 amide bonds. The van der Waals surface area contributed by atoms with E-state index in [-0.39, 0.29) is 24.0 Å². The van der Waals surface area contributed by atoms with Gasteiger partial charge in [0, 0.05) is 18.1 Å². The van der Waals surface area contributed by atoms with Crippen molar-refractivity contribution in [2.75, 3.05) is 20.2 Å². The number of methoxy groups -OCH3 is 1. The first-order chi connectivity index (χ1) is 12.1. The average Bonchev–Trinajstić information content (AvgIpc) is 2.64. The fourth-order valence-electron chi connectivity index (χ4n) is 2.28. The Bertz CT molecular complexity index is 695. The van der Waals surface area contributed by atoms with E-state index in [1.54, 1.807) is 19.2 Å². The summed E-state index contributed by atoms with van der Waals surface area (Å²) < 4.78 is 5.22. The molecule has 0 aromatic heterocycles. The van der Waals surface area contributed by atoms with Gasteiger partial charge in [-0.15, -0.1) is 24.0 Å². The van der Waals surface area contributed by atoms with Crippen LogP contribution in [0.15, 0.2) is 53.5 Å². The van der Waals surface area contributed by atoms with Gasteiger partial charge in [-0.25, -0.2) is 4.99 Å². The lowest BCUT2D eigenvalue weighted by molar-refractivity contribution is 0.181. The summed E-state index contributed by atoms with van der Waals surface area (Å²) in [5.41, 5.74) is 1.86. The van der Waals surface area contributed by atoms with E-state index in [9.17, 15) is 5.11 Å². The molecule has 3 N–H and O–H groups in total. The lowest BCUT2D eigenvalue weighted by Crippen LogP contribution is -2.39. The molecule has 1 unspecified atom stereocenters. The van der Waals surface area contributed by atoms with Gasteiger partial charge in [0.05, 0.1) is 19.8 Å². The molecule has 0 bridgehead atoms. The van der Waals surface area contributed by atoms with Gasteiger partial charge in [0.1, 0.15) is 5.75 Å². The zero-order valence-corrected chi connectivity index (χ0v) is 18.0. The molecule has 0 fully saturated rings. The highest BCUT2D eigenvalue weighted by Crippen LogP contribution is 2.16. The maximum absolute atomic E-state index is 10.3. The number of ether oxygens (including phenoxy) is 1. The van der Waals surface area contributed by atoms with Gasteiger partial charge in [-0.05, 0) is 42.3 Å². The van der Waals surface area contributed by atoms with Crippen molar-refractivity contribution in [1.82, 2.24) is 10.6 Å². The molecule has 0 saturated heterocycles. The standard InChI is InChI=1S/C19H24ClN3O2.HI/c1-3-21-19(22-12-14-5-4-6-17(11-14)25-2)23-13-18(24)15-7-9-16(20)10-8-15;/h4-11,18,24H,3,12-13H2,1-2H3,(H2,21,22,23);1H. The predicted octanol–water partition coefficient (Wildman–Crippen LogP) is 3.76. The number of halogens is 2. The molecule has 2 aromatic rings. The molecule has 0 aliphatic rings. The minimum Gasteiger partial charge on any atom is -0.497 e. The van der Waals surface area contributed by atoms with E-state index in [0.29, 0.717) is 24.1 Å². The third kappa shape index (κ3) is 7.39. The van der Waals surface area contributed by atoms with Crippen LogP contribution in [0.3, 0.4) is 0 Å². The summed E-state index contributed by atoms with van der Waals surface area (Å²) in [6.45, 7) is 3.61. The summed E-state index contributed by atoms with van der Waals surface area (Å²) in [7, 11) is 1.64. The number of aliphatic imine (C=N–C) groups is 1. The van der Waals surface area contributed by atoms with Gasteiger partial charge in [-0.2, -0.15) is 0 Å². The number of hydrogen-bond acceptors (Lipinski definition) is 3. The van der Waals surface area contributed by atoms with Crippen molar-refractivity contribution in [1.29, 1.82) is 0 Å². The van der Waals surface area contributed by atoms with Gasteiger partial charge in [0.2, 0.25) is 0 Å². The molecular weight excluding hydrogens is 465 g/mol. The first-order valence-corrected chi connectivity index (χ1v) is 8.58. The van der Waals surface area contributed by atoms with Crippen molar-refractivity contribution in [2.45, 2.75) is 19.6 Å². The Morgan fingerprint density at radius 2 is 1.92 bits per heavy atom. The van der Waals surface area contributed by atoms with E-state index in [1.165, 1.54) is 0 Å². The lowest BCUT2D eigenvalue weighted by atomic mass is 10.1. The zero-order chi connectivity index (χ0) is 18.1. The third-order valence-electron chi connectivity index (χ3n) is 3.62. The Morgan fingerprint density at radius 3 is 2.58 bits per heavy atom. The number of nitrogens with zero attached hydrogens (tertiary/aromatic N) is 1. The van der Waals surface area contributed by atoms with E-state index in [4.69, 9.17) is 16.3 Å². The molecule has 0 saturated carbocycles. The molecular formula is C19H25ClIN3O2. The second kappa shape index (κ2) is 12.0. The minimum absolute atomic E-state index is 0. The average molecular weight is 490 g/mol. The fourth-order valence-corrected chi connectivity index (χ4v) is 2.41. The van der Waals surface area contributed by atoms with E-state index >= 15 is 0 Å². The minimum atomic E-state index is -0.641. The Hall–Kier alpha value is -1.51. The van der Waals surface area contributed by atoms with Crippen LogP contribution in [0.25, 0.3) is 0 Å². The summed E-state index contributed by atoms with van der Waals surface area (Å²) in [5, 5.41) is 17.3. The highest BCUT2D eigenvalue weighted by atomic mass is 127. The van der Waals surface area contributed by atoms with Crippen molar-refractivity contribution >= 4 is 41.5 Å². The van der Waals surface area contributed by atoms with Crippen LogP contribution in [0, 0.1) is 0 Å². The van der Waals surface area contributed by atoms with E-state index in [0.717, 1.165) is 23.4 Å². The Balaban J connectivity index is 0.00000338. The molecule has 0 aliphatic heterocycles. The summed E-state index contributed by atoms with van der Waals surface area (Å²) in [4.78, 5) is 4.55. The summed E-state index contributed by atoms with van der Waals surface area (Å²) in [6.07, 6.45) is -0.641. The van der Waals surface area contributed by atoms with Gasteiger partial charge in [-0.1, -0.05) is 35.9 Å². The van der Waals surface area contributed by atoms with E-state index in [2.05, 4.69) is 15.6 Å². The SMILES string of the molecule is CCNC(=NCc1cccc(OC)c1)NCC(O)c1ccc(Cl)cc1.I. The Kier molecular flexibility index (Phi) is 10.4. The summed E-state index contributed by atoms with van der Waals surface area (Å²) >= 11 is 5.87. The van der Waals surface area contributed by atoms with Gasteiger partial charge in [0.15, 0.2) is 5.96 Å². The highest BCUT2D eigenvalue weighted by Gasteiger charge is 2.08. The molecule has 0 spiro atoms. The zero-order valence-electron chi connectivity index (χ0n) is 14.9. The van der Waals surface area contributed by atoms with Crippen LogP contribution in [0.5, 0.6) is 5.75 Å². The van der Waals surface area contributed by atoms with Crippen molar-refractivity contribution in [3.05, 3.63) is 64.7 Å². The third-order valence-corrected chi connectivity index (χ3v) is 3.87. The van der Waals surface area contributed by atoms with Crippen molar-refractivity contribution in [3.8, 4) is 5.75 Å². The second-order valence-electron chi connectivity index (χ2n) is 5.49. The van der Waals surface area contributed by atoms with Crippen molar-refractivity contribution < 1.29 is 9.84 Å². The number of rotatable bonds is 7. The van der Waals surface area contributed by atoms with Crippen LogP contribution < -0.4 is 15.4 Å². The molecule has 0 aliphatic carbocycles. The van der Waals surface area contributed by atoms with Crippen molar-refractivity contribution in [2.24, 2.45) is 4.99 Å². The molecule has 0 heterocycles. The van der Waals surface area contributed by atoms with Gasteiger partial charge >= 0.3 is 0 Å². The topological polar surface area (TPSA) is 65.9 Å². The number of guanidine groups is 1. The predicted molar refractivity (Wildman–Crippen MR) is 118 cm³/mol. The molecule has 2 aromatic carbocycles. The van der Waals surface area contributed by atoms with Crippen LogP contribution in [0.4, 0.5) is 0 Å². The number of nitrogens with one attached hydrogen (secondary N) is 2. The molecule has 1 atom stereocenters.